The van der Waals surface area contributed by atoms with Crippen molar-refractivity contribution in [2.75, 3.05) is 20.8 Å². The van der Waals surface area contributed by atoms with Crippen LogP contribution in [0.15, 0.2) is 59.5 Å². The number of phenolic OH excluding ortho intramolecular Hbond substituents is 1. The molecule has 0 radical (unpaired) electrons. The first-order chi connectivity index (χ1) is 16.9. The largest absolute Gasteiger partial charge is 0.507 e. The van der Waals surface area contributed by atoms with Crippen LogP contribution in [0.4, 0.5) is 0 Å². The zero-order chi connectivity index (χ0) is 25.1. The summed E-state index contributed by atoms with van der Waals surface area (Å²) in [4.78, 5) is 28.7. The van der Waals surface area contributed by atoms with Crippen LogP contribution in [0.1, 0.15) is 29.0 Å². The molecule has 1 aromatic heterocycles. The van der Waals surface area contributed by atoms with Crippen LogP contribution in [0.25, 0.3) is 5.76 Å². The number of hydrogen-bond donors (Lipinski definition) is 2. The summed E-state index contributed by atoms with van der Waals surface area (Å²) < 4.78 is 16.1. The van der Waals surface area contributed by atoms with Crippen molar-refractivity contribution in [3.05, 3.63) is 75.5 Å². The smallest absolute Gasteiger partial charge is 0.295 e. The lowest BCUT2D eigenvalue weighted by Crippen LogP contribution is -2.28. The fourth-order valence-electron chi connectivity index (χ4n) is 4.07. The second-order valence-corrected chi connectivity index (χ2v) is 8.77. The monoisotopic (exact) mass is 495 g/mol. The van der Waals surface area contributed by atoms with Gasteiger partial charge in [-0.15, -0.1) is 11.3 Å². The van der Waals surface area contributed by atoms with Crippen molar-refractivity contribution in [3.63, 3.8) is 0 Å². The molecule has 9 heteroatoms. The molecule has 3 aromatic rings. The lowest BCUT2D eigenvalue weighted by molar-refractivity contribution is -0.140. The Hall–Kier alpha value is -3.98. The molecule has 1 saturated heterocycles. The van der Waals surface area contributed by atoms with Crippen molar-refractivity contribution < 1.29 is 34.0 Å². The van der Waals surface area contributed by atoms with E-state index >= 15 is 0 Å². The number of aliphatic hydroxyl groups is 1. The summed E-state index contributed by atoms with van der Waals surface area (Å²) in [7, 11) is 2.96. The number of carbonyl (C=O) groups excluding carboxylic acids is 2. The number of ketones is 1. The Morgan fingerprint density at radius 3 is 2.46 bits per heavy atom. The molecule has 2 N–H and O–H groups in total. The van der Waals surface area contributed by atoms with Crippen LogP contribution in [0, 0.1) is 0 Å². The van der Waals surface area contributed by atoms with Gasteiger partial charge in [0.2, 0.25) is 0 Å². The number of benzene rings is 2. The van der Waals surface area contributed by atoms with Crippen LogP contribution in [0.3, 0.4) is 0 Å². The van der Waals surface area contributed by atoms with Gasteiger partial charge in [0.05, 0.1) is 39.0 Å². The number of nitrogens with zero attached hydrogens (tertiary/aromatic N) is 1. The molecule has 1 atom stereocenters. The Kier molecular flexibility index (Phi) is 6.97. The Morgan fingerprint density at radius 1 is 1.03 bits per heavy atom. The zero-order valence-corrected chi connectivity index (χ0v) is 20.3. The Morgan fingerprint density at radius 2 is 1.80 bits per heavy atom. The van der Waals surface area contributed by atoms with Gasteiger partial charge in [-0.05, 0) is 54.3 Å². The number of carbonyl (C=O) groups is 2. The summed E-state index contributed by atoms with van der Waals surface area (Å²) in [5.74, 6) is -0.887. The van der Waals surface area contributed by atoms with Crippen LogP contribution in [0.5, 0.6) is 23.0 Å². The number of Topliss-reactive ketones (excluding diaryl/α,β-unsaturated/α-hetero) is 1. The van der Waals surface area contributed by atoms with Crippen LogP contribution in [-0.4, -0.2) is 47.6 Å². The highest BCUT2D eigenvalue weighted by atomic mass is 32.1. The molecule has 0 bridgehead atoms. The van der Waals surface area contributed by atoms with Crippen molar-refractivity contribution in [3.8, 4) is 23.0 Å². The maximum atomic E-state index is 13.3. The van der Waals surface area contributed by atoms with E-state index in [0.29, 0.717) is 29.2 Å². The van der Waals surface area contributed by atoms with Gasteiger partial charge in [0.1, 0.15) is 5.76 Å². The number of amides is 1. The molecule has 1 fully saturated rings. The number of thiophene rings is 1. The third-order valence-corrected chi connectivity index (χ3v) is 6.56. The van der Waals surface area contributed by atoms with Crippen molar-refractivity contribution in [2.45, 2.75) is 19.5 Å². The molecule has 0 saturated carbocycles. The molecule has 0 aliphatic carbocycles. The Labute approximate surface area is 206 Å². The highest BCUT2D eigenvalue weighted by Crippen LogP contribution is 2.43. The Balaban J connectivity index is 1.89. The lowest BCUT2D eigenvalue weighted by Gasteiger charge is -2.25. The predicted molar refractivity (Wildman–Crippen MR) is 131 cm³/mol. The molecule has 0 spiro atoms. The minimum Gasteiger partial charge on any atom is -0.507 e. The SMILES string of the molecule is CCOc1cc(C2/C(=C(/O)c3ccc(OC)c(OC)c3)C(=O)C(=O)N2Cc2cccs2)ccc1O. The first-order valence-electron chi connectivity index (χ1n) is 10.9. The highest BCUT2D eigenvalue weighted by molar-refractivity contribution is 7.09. The normalized spacial score (nSPS) is 17.0. The number of aliphatic hydroxyl groups excluding tert-OH is 1. The second-order valence-electron chi connectivity index (χ2n) is 7.74. The van der Waals surface area contributed by atoms with Gasteiger partial charge in [0.25, 0.3) is 11.7 Å². The highest BCUT2D eigenvalue weighted by Gasteiger charge is 2.46. The first kappa shape index (κ1) is 24.2. The van der Waals surface area contributed by atoms with Crippen molar-refractivity contribution >= 4 is 28.8 Å². The van der Waals surface area contributed by atoms with Gasteiger partial charge in [-0.3, -0.25) is 9.59 Å². The van der Waals surface area contributed by atoms with Crippen LogP contribution < -0.4 is 14.2 Å². The molecule has 35 heavy (non-hydrogen) atoms. The molecule has 2 aromatic carbocycles. The number of rotatable bonds is 8. The molecule has 1 unspecified atom stereocenters. The molecular formula is C26H25NO7S. The second kappa shape index (κ2) is 10.1. The van der Waals surface area contributed by atoms with Crippen molar-refractivity contribution in [2.24, 2.45) is 0 Å². The van der Waals surface area contributed by atoms with E-state index in [-0.39, 0.29) is 29.4 Å². The van der Waals surface area contributed by atoms with E-state index in [1.165, 1.54) is 36.5 Å². The lowest BCUT2D eigenvalue weighted by atomic mass is 9.94. The van der Waals surface area contributed by atoms with Crippen LogP contribution in [0.2, 0.25) is 0 Å². The number of ether oxygens (including phenoxy) is 3. The van der Waals surface area contributed by atoms with Crippen molar-refractivity contribution in [1.82, 2.24) is 4.90 Å². The van der Waals surface area contributed by atoms with E-state index in [4.69, 9.17) is 14.2 Å². The van der Waals surface area contributed by atoms with Gasteiger partial charge in [-0.1, -0.05) is 12.1 Å². The number of likely N-dealkylation sites (tertiary alicyclic amines) is 1. The van der Waals surface area contributed by atoms with Gasteiger partial charge < -0.3 is 29.3 Å². The molecule has 2 heterocycles. The van der Waals surface area contributed by atoms with E-state index in [1.807, 2.05) is 17.5 Å². The maximum Gasteiger partial charge on any atom is 0.295 e. The molecule has 1 aliphatic rings. The van der Waals surface area contributed by atoms with Crippen LogP contribution in [-0.2, 0) is 16.1 Å². The summed E-state index contributed by atoms with van der Waals surface area (Å²) in [5.41, 5.74) is 0.751. The fourth-order valence-corrected chi connectivity index (χ4v) is 4.77. The summed E-state index contributed by atoms with van der Waals surface area (Å²) >= 11 is 1.46. The molecular weight excluding hydrogens is 470 g/mol. The fraction of sp³-hybridized carbons (Fsp3) is 0.231. The predicted octanol–water partition coefficient (Wildman–Crippen LogP) is 4.49. The average Bonchev–Trinajstić information content (AvgIpc) is 3.47. The van der Waals surface area contributed by atoms with E-state index in [0.717, 1.165) is 4.88 Å². The summed E-state index contributed by atoms with van der Waals surface area (Å²) in [6, 6.07) is 12.2. The minimum absolute atomic E-state index is 0.0630. The third-order valence-electron chi connectivity index (χ3n) is 5.70. The van der Waals surface area contributed by atoms with E-state index in [9.17, 15) is 19.8 Å². The number of hydrogen-bond acceptors (Lipinski definition) is 8. The summed E-state index contributed by atoms with van der Waals surface area (Å²) in [5, 5.41) is 23.4. The molecule has 182 valence electrons. The zero-order valence-electron chi connectivity index (χ0n) is 19.5. The molecule has 1 amide bonds. The Bertz CT molecular complexity index is 1280. The number of phenols is 1. The van der Waals surface area contributed by atoms with Gasteiger partial charge in [-0.25, -0.2) is 0 Å². The molecule has 4 rings (SSSR count). The van der Waals surface area contributed by atoms with E-state index < -0.39 is 17.7 Å². The minimum atomic E-state index is -0.898. The van der Waals surface area contributed by atoms with Gasteiger partial charge in [-0.2, -0.15) is 0 Å². The van der Waals surface area contributed by atoms with Crippen LogP contribution >= 0.6 is 11.3 Å². The average molecular weight is 496 g/mol. The maximum absolute atomic E-state index is 13.3. The standard InChI is InChI=1S/C26H25NO7S/c1-4-34-20-12-15(7-9-18(20)28)23-22(24(29)16-8-10-19(32-2)21(13-16)33-3)25(30)26(31)27(23)14-17-6-5-11-35-17/h5-13,23,28-29H,4,14H2,1-3H3/b24-22-. The van der Waals surface area contributed by atoms with Crippen molar-refractivity contribution in [1.29, 1.82) is 0 Å². The number of aromatic hydroxyl groups is 1. The van der Waals surface area contributed by atoms with Gasteiger partial charge in [0.15, 0.2) is 23.0 Å². The summed E-state index contributed by atoms with van der Waals surface area (Å²) in [6.45, 7) is 2.28. The van der Waals surface area contributed by atoms with Gasteiger partial charge >= 0.3 is 0 Å². The first-order valence-corrected chi connectivity index (χ1v) is 11.8. The quantitative estimate of drug-likeness (QED) is 0.269. The van der Waals surface area contributed by atoms with Gasteiger partial charge in [0, 0.05) is 10.4 Å². The number of methoxy groups -OCH3 is 2. The molecule has 8 nitrogen and oxygen atoms in total. The third kappa shape index (κ3) is 4.54. The van der Waals surface area contributed by atoms with E-state index in [1.54, 1.807) is 37.3 Å². The molecule has 1 aliphatic heterocycles. The van der Waals surface area contributed by atoms with E-state index in [2.05, 4.69) is 0 Å². The summed E-state index contributed by atoms with van der Waals surface area (Å²) in [6.07, 6.45) is 0. The topological polar surface area (TPSA) is 106 Å².